The molecule has 0 saturated carbocycles. The lowest BCUT2D eigenvalue weighted by molar-refractivity contribution is 0.0770. The zero-order valence-corrected chi connectivity index (χ0v) is 11.7. The Morgan fingerprint density at radius 1 is 1.06 bits per heavy atom. The van der Waals surface area contributed by atoms with Crippen molar-refractivity contribution in [2.45, 2.75) is 52.1 Å². The highest BCUT2D eigenvalue weighted by molar-refractivity contribution is 4.64. The zero-order valence-electron chi connectivity index (χ0n) is 11.7. The minimum atomic E-state index is 0.368. The molecule has 0 aliphatic carbocycles. The molecule has 1 N–H and O–H groups in total. The quantitative estimate of drug-likeness (QED) is 0.661. The van der Waals surface area contributed by atoms with Crippen molar-refractivity contribution in [3.05, 3.63) is 0 Å². The lowest BCUT2D eigenvalue weighted by atomic mass is 10.2. The Balaban J connectivity index is 1.86. The van der Waals surface area contributed by atoms with Gasteiger partial charge in [-0.25, -0.2) is 0 Å². The minimum absolute atomic E-state index is 0.368. The van der Waals surface area contributed by atoms with Crippen LogP contribution in [0.1, 0.15) is 46.0 Å². The monoisotopic (exact) mass is 242 g/mol. The summed E-state index contributed by atoms with van der Waals surface area (Å²) in [4.78, 5) is 2.60. The Hall–Kier alpha value is -0.120. The Morgan fingerprint density at radius 2 is 1.76 bits per heavy atom. The summed E-state index contributed by atoms with van der Waals surface area (Å²) < 4.78 is 5.50. The molecule has 0 aromatic carbocycles. The molecule has 0 radical (unpaired) electrons. The van der Waals surface area contributed by atoms with Gasteiger partial charge in [0.1, 0.15) is 0 Å². The third-order valence-electron chi connectivity index (χ3n) is 3.25. The molecule has 0 aromatic rings. The number of ether oxygens (including phenoxy) is 1. The van der Waals surface area contributed by atoms with E-state index in [0.29, 0.717) is 6.10 Å². The van der Waals surface area contributed by atoms with Crippen molar-refractivity contribution in [3.63, 3.8) is 0 Å². The maximum atomic E-state index is 5.50. The molecule has 0 spiro atoms. The molecule has 1 fully saturated rings. The van der Waals surface area contributed by atoms with Crippen LogP contribution in [-0.4, -0.2) is 50.3 Å². The van der Waals surface area contributed by atoms with E-state index in [1.54, 1.807) is 0 Å². The second-order valence-corrected chi connectivity index (χ2v) is 5.28. The predicted molar refractivity (Wildman–Crippen MR) is 73.5 cm³/mol. The van der Waals surface area contributed by atoms with Gasteiger partial charge in [-0.3, -0.25) is 0 Å². The molecular weight excluding hydrogens is 212 g/mol. The second kappa shape index (κ2) is 9.86. The third-order valence-corrected chi connectivity index (χ3v) is 3.25. The average molecular weight is 242 g/mol. The zero-order chi connectivity index (χ0) is 12.3. The van der Waals surface area contributed by atoms with Gasteiger partial charge in [-0.05, 0) is 52.7 Å². The molecule has 0 amide bonds. The summed E-state index contributed by atoms with van der Waals surface area (Å²) >= 11 is 0. The summed E-state index contributed by atoms with van der Waals surface area (Å²) in [6.07, 6.45) is 7.13. The van der Waals surface area contributed by atoms with Gasteiger partial charge in [0.2, 0.25) is 0 Å². The van der Waals surface area contributed by atoms with Gasteiger partial charge in [0, 0.05) is 19.7 Å². The SMILES string of the molecule is CC(C)OCCCNCCN1CCCCCC1. The van der Waals surface area contributed by atoms with Crippen LogP contribution in [0.4, 0.5) is 0 Å². The molecule has 0 atom stereocenters. The number of likely N-dealkylation sites (tertiary alicyclic amines) is 1. The lowest BCUT2D eigenvalue weighted by Crippen LogP contribution is -2.33. The van der Waals surface area contributed by atoms with Gasteiger partial charge >= 0.3 is 0 Å². The van der Waals surface area contributed by atoms with Crippen LogP contribution in [0.5, 0.6) is 0 Å². The molecule has 1 aliphatic rings. The normalized spacial score (nSPS) is 18.5. The molecule has 1 heterocycles. The summed E-state index contributed by atoms with van der Waals surface area (Å²) in [6, 6.07) is 0. The Morgan fingerprint density at radius 3 is 2.41 bits per heavy atom. The van der Waals surface area contributed by atoms with Gasteiger partial charge in [-0.1, -0.05) is 12.8 Å². The summed E-state index contributed by atoms with van der Waals surface area (Å²) in [5.41, 5.74) is 0. The first kappa shape index (κ1) is 14.9. The Labute approximate surface area is 107 Å². The maximum absolute atomic E-state index is 5.50. The largest absolute Gasteiger partial charge is 0.379 e. The van der Waals surface area contributed by atoms with E-state index >= 15 is 0 Å². The van der Waals surface area contributed by atoms with E-state index in [1.165, 1.54) is 45.3 Å². The molecule has 1 aliphatic heterocycles. The van der Waals surface area contributed by atoms with Crippen molar-refractivity contribution in [2.75, 3.05) is 39.3 Å². The van der Waals surface area contributed by atoms with Crippen LogP contribution in [0.15, 0.2) is 0 Å². The van der Waals surface area contributed by atoms with E-state index in [-0.39, 0.29) is 0 Å². The highest BCUT2D eigenvalue weighted by Gasteiger charge is 2.07. The minimum Gasteiger partial charge on any atom is -0.379 e. The van der Waals surface area contributed by atoms with Gasteiger partial charge in [-0.15, -0.1) is 0 Å². The number of nitrogens with zero attached hydrogens (tertiary/aromatic N) is 1. The molecule has 1 rings (SSSR count). The van der Waals surface area contributed by atoms with Crippen LogP contribution in [0.3, 0.4) is 0 Å². The van der Waals surface area contributed by atoms with Crippen molar-refractivity contribution >= 4 is 0 Å². The molecule has 102 valence electrons. The van der Waals surface area contributed by atoms with Crippen molar-refractivity contribution in [3.8, 4) is 0 Å². The number of hydrogen-bond acceptors (Lipinski definition) is 3. The molecule has 0 aromatic heterocycles. The van der Waals surface area contributed by atoms with Crippen molar-refractivity contribution in [1.82, 2.24) is 10.2 Å². The van der Waals surface area contributed by atoms with E-state index in [1.807, 2.05) is 0 Å². The number of nitrogens with one attached hydrogen (secondary N) is 1. The maximum Gasteiger partial charge on any atom is 0.0518 e. The van der Waals surface area contributed by atoms with Crippen LogP contribution in [-0.2, 0) is 4.74 Å². The van der Waals surface area contributed by atoms with Gasteiger partial charge in [-0.2, -0.15) is 0 Å². The lowest BCUT2D eigenvalue weighted by Gasteiger charge is -2.19. The predicted octanol–water partition coefficient (Wildman–Crippen LogP) is 2.27. The number of rotatable bonds is 8. The van der Waals surface area contributed by atoms with E-state index in [0.717, 1.165) is 26.1 Å². The first-order chi connectivity index (χ1) is 8.29. The molecule has 3 nitrogen and oxygen atoms in total. The Kier molecular flexibility index (Phi) is 8.67. The van der Waals surface area contributed by atoms with Gasteiger partial charge < -0.3 is 15.0 Å². The number of hydrogen-bond donors (Lipinski definition) is 1. The molecule has 3 heteroatoms. The molecule has 0 bridgehead atoms. The first-order valence-electron chi connectivity index (χ1n) is 7.33. The summed E-state index contributed by atoms with van der Waals surface area (Å²) in [6.45, 7) is 11.1. The van der Waals surface area contributed by atoms with Crippen LogP contribution in [0, 0.1) is 0 Å². The summed E-state index contributed by atoms with van der Waals surface area (Å²) in [7, 11) is 0. The Bertz CT molecular complexity index is 166. The standard InChI is InChI=1S/C14H30N2O/c1-14(2)17-13-7-8-15-9-12-16-10-5-3-4-6-11-16/h14-15H,3-13H2,1-2H3. The van der Waals surface area contributed by atoms with Crippen LogP contribution in [0.25, 0.3) is 0 Å². The first-order valence-corrected chi connectivity index (χ1v) is 7.33. The van der Waals surface area contributed by atoms with Crippen LogP contribution >= 0.6 is 0 Å². The summed E-state index contributed by atoms with van der Waals surface area (Å²) in [5.74, 6) is 0. The van der Waals surface area contributed by atoms with Crippen LogP contribution < -0.4 is 5.32 Å². The fraction of sp³-hybridized carbons (Fsp3) is 1.00. The highest BCUT2D eigenvalue weighted by Crippen LogP contribution is 2.08. The fourth-order valence-electron chi connectivity index (χ4n) is 2.24. The molecular formula is C14H30N2O. The molecule has 0 unspecified atom stereocenters. The smallest absolute Gasteiger partial charge is 0.0518 e. The van der Waals surface area contributed by atoms with E-state index in [9.17, 15) is 0 Å². The molecule has 1 saturated heterocycles. The highest BCUT2D eigenvalue weighted by atomic mass is 16.5. The van der Waals surface area contributed by atoms with Crippen molar-refractivity contribution < 1.29 is 4.74 Å². The van der Waals surface area contributed by atoms with E-state index in [4.69, 9.17) is 4.74 Å². The topological polar surface area (TPSA) is 24.5 Å². The third kappa shape index (κ3) is 8.58. The second-order valence-electron chi connectivity index (χ2n) is 5.28. The van der Waals surface area contributed by atoms with Gasteiger partial charge in [0.25, 0.3) is 0 Å². The van der Waals surface area contributed by atoms with Crippen molar-refractivity contribution in [1.29, 1.82) is 0 Å². The van der Waals surface area contributed by atoms with Gasteiger partial charge in [0.15, 0.2) is 0 Å². The summed E-state index contributed by atoms with van der Waals surface area (Å²) in [5, 5.41) is 3.51. The van der Waals surface area contributed by atoms with Gasteiger partial charge in [0.05, 0.1) is 6.10 Å². The average Bonchev–Trinajstić information content (AvgIpc) is 2.56. The van der Waals surface area contributed by atoms with Crippen LogP contribution in [0.2, 0.25) is 0 Å². The van der Waals surface area contributed by atoms with Crippen molar-refractivity contribution in [2.24, 2.45) is 0 Å². The van der Waals surface area contributed by atoms with E-state index in [2.05, 4.69) is 24.1 Å². The molecule has 17 heavy (non-hydrogen) atoms. The fourth-order valence-corrected chi connectivity index (χ4v) is 2.24. The van der Waals surface area contributed by atoms with E-state index < -0.39 is 0 Å².